The molecular formula is C11H19N3O. The number of hydrogen-bond acceptors (Lipinski definition) is 4. The maximum atomic E-state index is 5.30. The third-order valence-electron chi connectivity index (χ3n) is 3.02. The van der Waals surface area contributed by atoms with Gasteiger partial charge in [0.15, 0.2) is 5.82 Å². The van der Waals surface area contributed by atoms with Crippen molar-refractivity contribution >= 4 is 0 Å². The van der Waals surface area contributed by atoms with Gasteiger partial charge in [0.2, 0.25) is 5.89 Å². The average molecular weight is 209 g/mol. The molecule has 1 fully saturated rings. The van der Waals surface area contributed by atoms with E-state index in [9.17, 15) is 0 Å². The molecule has 1 aromatic heterocycles. The smallest absolute Gasteiger partial charge is 0.243 e. The second kappa shape index (κ2) is 4.31. The van der Waals surface area contributed by atoms with Crippen LogP contribution in [0.4, 0.5) is 0 Å². The Morgan fingerprint density at radius 2 is 1.87 bits per heavy atom. The fourth-order valence-electron chi connectivity index (χ4n) is 1.94. The Morgan fingerprint density at radius 1 is 1.20 bits per heavy atom. The highest BCUT2D eigenvalue weighted by atomic mass is 16.5. The fourth-order valence-corrected chi connectivity index (χ4v) is 1.94. The Kier molecular flexibility index (Phi) is 3.05. The standard InChI is InChI=1S/C11H19N3O/c1-8(2)10-12-11(15-13-10)9(3)14-6-4-5-7-14/h8-9H,4-7H2,1-3H3. The van der Waals surface area contributed by atoms with Crippen molar-refractivity contribution in [3.63, 3.8) is 0 Å². The lowest BCUT2D eigenvalue weighted by Gasteiger charge is -2.19. The zero-order chi connectivity index (χ0) is 10.8. The lowest BCUT2D eigenvalue weighted by atomic mass is 10.2. The van der Waals surface area contributed by atoms with E-state index >= 15 is 0 Å². The van der Waals surface area contributed by atoms with Crippen LogP contribution in [0.3, 0.4) is 0 Å². The molecule has 1 aliphatic heterocycles. The molecule has 1 aliphatic rings. The van der Waals surface area contributed by atoms with Gasteiger partial charge in [0.1, 0.15) is 0 Å². The zero-order valence-corrected chi connectivity index (χ0v) is 9.73. The Bertz CT molecular complexity index is 315. The molecule has 0 radical (unpaired) electrons. The van der Waals surface area contributed by atoms with Crippen molar-refractivity contribution < 1.29 is 4.52 Å². The van der Waals surface area contributed by atoms with Crippen LogP contribution in [-0.4, -0.2) is 28.1 Å². The lowest BCUT2D eigenvalue weighted by molar-refractivity contribution is 0.209. The Balaban J connectivity index is 2.07. The van der Waals surface area contributed by atoms with Crippen LogP contribution in [0.5, 0.6) is 0 Å². The second-order valence-electron chi connectivity index (χ2n) is 4.56. The molecule has 2 heterocycles. The molecule has 0 aromatic carbocycles. The summed E-state index contributed by atoms with van der Waals surface area (Å²) in [5, 5.41) is 4.00. The van der Waals surface area contributed by atoms with Crippen molar-refractivity contribution in [2.24, 2.45) is 0 Å². The molecule has 1 saturated heterocycles. The summed E-state index contributed by atoms with van der Waals surface area (Å²) in [6.07, 6.45) is 2.57. The normalized spacial score (nSPS) is 20.0. The van der Waals surface area contributed by atoms with Gasteiger partial charge in [-0.2, -0.15) is 4.98 Å². The third-order valence-corrected chi connectivity index (χ3v) is 3.02. The molecule has 15 heavy (non-hydrogen) atoms. The molecule has 1 atom stereocenters. The summed E-state index contributed by atoms with van der Waals surface area (Å²) in [4.78, 5) is 6.84. The summed E-state index contributed by atoms with van der Waals surface area (Å²) >= 11 is 0. The van der Waals surface area contributed by atoms with E-state index in [1.165, 1.54) is 12.8 Å². The summed E-state index contributed by atoms with van der Waals surface area (Å²) < 4.78 is 5.30. The molecule has 0 spiro atoms. The molecule has 0 bridgehead atoms. The molecule has 1 unspecified atom stereocenters. The number of nitrogens with zero attached hydrogens (tertiary/aromatic N) is 3. The molecule has 0 aliphatic carbocycles. The molecule has 1 aromatic rings. The van der Waals surface area contributed by atoms with Gasteiger partial charge in [-0.15, -0.1) is 0 Å². The van der Waals surface area contributed by atoms with Crippen molar-refractivity contribution in [2.75, 3.05) is 13.1 Å². The van der Waals surface area contributed by atoms with E-state index in [4.69, 9.17) is 4.52 Å². The summed E-state index contributed by atoms with van der Waals surface area (Å²) in [6.45, 7) is 8.61. The van der Waals surface area contributed by atoms with Gasteiger partial charge in [-0.1, -0.05) is 19.0 Å². The van der Waals surface area contributed by atoms with Crippen LogP contribution in [-0.2, 0) is 0 Å². The van der Waals surface area contributed by atoms with E-state index in [0.29, 0.717) is 5.92 Å². The van der Waals surface area contributed by atoms with Gasteiger partial charge in [0.25, 0.3) is 0 Å². The minimum Gasteiger partial charge on any atom is -0.338 e. The molecule has 0 saturated carbocycles. The van der Waals surface area contributed by atoms with Gasteiger partial charge in [-0.25, -0.2) is 0 Å². The first-order valence-electron chi connectivity index (χ1n) is 5.76. The number of aromatic nitrogens is 2. The molecule has 4 nitrogen and oxygen atoms in total. The molecule has 0 amide bonds. The minimum atomic E-state index is 0.271. The number of rotatable bonds is 3. The van der Waals surface area contributed by atoms with Gasteiger partial charge in [0.05, 0.1) is 6.04 Å². The van der Waals surface area contributed by atoms with E-state index in [1.54, 1.807) is 0 Å². The maximum Gasteiger partial charge on any atom is 0.243 e. The van der Waals surface area contributed by atoms with Crippen LogP contribution < -0.4 is 0 Å². The van der Waals surface area contributed by atoms with Gasteiger partial charge >= 0.3 is 0 Å². The largest absolute Gasteiger partial charge is 0.338 e. The predicted molar refractivity (Wildman–Crippen MR) is 57.6 cm³/mol. The molecule has 2 rings (SSSR count). The second-order valence-corrected chi connectivity index (χ2v) is 4.56. The van der Waals surface area contributed by atoms with E-state index in [-0.39, 0.29) is 6.04 Å². The molecule has 4 heteroatoms. The lowest BCUT2D eigenvalue weighted by Crippen LogP contribution is -2.23. The van der Waals surface area contributed by atoms with Gasteiger partial charge in [0, 0.05) is 5.92 Å². The van der Waals surface area contributed by atoms with Crippen LogP contribution in [0, 0.1) is 0 Å². The number of likely N-dealkylation sites (tertiary alicyclic amines) is 1. The first-order valence-corrected chi connectivity index (χ1v) is 5.76. The van der Waals surface area contributed by atoms with Crippen molar-refractivity contribution in [1.29, 1.82) is 0 Å². The van der Waals surface area contributed by atoms with E-state index in [1.807, 2.05) is 0 Å². The quantitative estimate of drug-likeness (QED) is 0.766. The summed E-state index contributed by atoms with van der Waals surface area (Å²) in [7, 11) is 0. The maximum absolute atomic E-state index is 5.30. The Labute approximate surface area is 90.7 Å². The first-order chi connectivity index (χ1) is 7.18. The molecule has 0 N–H and O–H groups in total. The predicted octanol–water partition coefficient (Wildman–Crippen LogP) is 2.35. The van der Waals surface area contributed by atoms with Crippen molar-refractivity contribution in [3.8, 4) is 0 Å². The van der Waals surface area contributed by atoms with Gasteiger partial charge in [-0.3, -0.25) is 4.90 Å². The summed E-state index contributed by atoms with van der Waals surface area (Å²) in [5.41, 5.74) is 0. The van der Waals surface area contributed by atoms with E-state index in [2.05, 4.69) is 35.8 Å². The monoisotopic (exact) mass is 209 g/mol. The van der Waals surface area contributed by atoms with Crippen LogP contribution in [0.1, 0.15) is 57.3 Å². The molecular weight excluding hydrogens is 190 g/mol. The van der Waals surface area contributed by atoms with Crippen LogP contribution in [0.25, 0.3) is 0 Å². The Morgan fingerprint density at radius 3 is 2.40 bits per heavy atom. The highest BCUT2D eigenvalue weighted by Crippen LogP contribution is 2.24. The van der Waals surface area contributed by atoms with Gasteiger partial charge in [-0.05, 0) is 32.9 Å². The van der Waals surface area contributed by atoms with Crippen LogP contribution in [0.2, 0.25) is 0 Å². The average Bonchev–Trinajstić information content (AvgIpc) is 2.88. The summed E-state index contributed by atoms with van der Waals surface area (Å²) in [5.74, 6) is 1.92. The molecule has 84 valence electrons. The van der Waals surface area contributed by atoms with E-state index < -0.39 is 0 Å². The van der Waals surface area contributed by atoms with Gasteiger partial charge < -0.3 is 4.52 Å². The van der Waals surface area contributed by atoms with Crippen LogP contribution in [0.15, 0.2) is 4.52 Å². The summed E-state index contributed by atoms with van der Waals surface area (Å²) in [6, 6.07) is 0.271. The van der Waals surface area contributed by atoms with Crippen LogP contribution >= 0.6 is 0 Å². The Hall–Kier alpha value is -0.900. The highest BCUT2D eigenvalue weighted by molar-refractivity contribution is 4.96. The van der Waals surface area contributed by atoms with Crippen molar-refractivity contribution in [3.05, 3.63) is 11.7 Å². The van der Waals surface area contributed by atoms with Crippen molar-refractivity contribution in [2.45, 2.75) is 45.6 Å². The van der Waals surface area contributed by atoms with E-state index in [0.717, 1.165) is 24.8 Å². The van der Waals surface area contributed by atoms with Crippen molar-refractivity contribution in [1.82, 2.24) is 15.0 Å². The number of hydrogen-bond donors (Lipinski definition) is 0. The highest BCUT2D eigenvalue weighted by Gasteiger charge is 2.24. The topological polar surface area (TPSA) is 42.2 Å². The minimum absolute atomic E-state index is 0.271. The first kappa shape index (κ1) is 10.6. The zero-order valence-electron chi connectivity index (χ0n) is 9.73. The fraction of sp³-hybridized carbons (Fsp3) is 0.818. The SMILES string of the molecule is CC(C)c1noc(C(C)N2CCCC2)n1. The third kappa shape index (κ3) is 2.20.